The molecule has 2 rings (SSSR count). The summed E-state index contributed by atoms with van der Waals surface area (Å²) in [7, 11) is 0. The number of hydrogen-bond acceptors (Lipinski definition) is 3. The minimum atomic E-state index is -0.548. The zero-order valence-corrected chi connectivity index (χ0v) is 10.9. The molecule has 2 aromatic rings. The van der Waals surface area contributed by atoms with Crippen molar-refractivity contribution in [3.63, 3.8) is 0 Å². The van der Waals surface area contributed by atoms with Gasteiger partial charge in [-0.05, 0) is 32.9 Å². The third kappa shape index (κ3) is 2.54. The number of aromatic nitrogens is 2. The minimum absolute atomic E-state index is 0.511. The summed E-state index contributed by atoms with van der Waals surface area (Å²) in [6.45, 7) is 6.46. The first-order chi connectivity index (χ1) is 8.61. The molecule has 0 radical (unpaired) electrons. The summed E-state index contributed by atoms with van der Waals surface area (Å²) >= 11 is 0. The van der Waals surface area contributed by atoms with Crippen molar-refractivity contribution in [1.82, 2.24) is 9.55 Å². The molecule has 1 aromatic carbocycles. The van der Waals surface area contributed by atoms with Crippen LogP contribution in [0.2, 0.25) is 0 Å². The summed E-state index contributed by atoms with van der Waals surface area (Å²) in [5.74, 6) is 0.748. The molecule has 1 heterocycles. The summed E-state index contributed by atoms with van der Waals surface area (Å²) in [6.07, 6.45) is 1.10. The van der Waals surface area contributed by atoms with Crippen molar-refractivity contribution in [3.05, 3.63) is 41.7 Å². The molecule has 1 N–H and O–H groups in total. The normalized spacial score (nSPS) is 12.4. The Kier molecular flexibility index (Phi) is 3.67. The fourth-order valence-corrected chi connectivity index (χ4v) is 1.82. The van der Waals surface area contributed by atoms with E-state index in [2.05, 4.69) is 4.98 Å². The summed E-state index contributed by atoms with van der Waals surface area (Å²) < 4.78 is 7.59. The molecule has 4 heteroatoms. The van der Waals surface area contributed by atoms with Gasteiger partial charge in [0.1, 0.15) is 5.75 Å². The Morgan fingerprint density at radius 3 is 2.56 bits per heavy atom. The first-order valence-electron chi connectivity index (χ1n) is 6.09. The second kappa shape index (κ2) is 5.23. The highest BCUT2D eigenvalue weighted by Crippen LogP contribution is 2.24. The lowest BCUT2D eigenvalue weighted by atomic mass is 10.2. The van der Waals surface area contributed by atoms with Crippen LogP contribution < -0.4 is 4.74 Å². The highest BCUT2D eigenvalue weighted by Gasteiger charge is 2.13. The number of benzene rings is 1. The van der Waals surface area contributed by atoms with Gasteiger partial charge in [0.2, 0.25) is 0 Å². The molecule has 0 fully saturated rings. The van der Waals surface area contributed by atoms with Gasteiger partial charge < -0.3 is 9.84 Å². The van der Waals surface area contributed by atoms with Crippen molar-refractivity contribution >= 4 is 0 Å². The van der Waals surface area contributed by atoms with E-state index in [-0.39, 0.29) is 0 Å². The Balaban J connectivity index is 2.26. The fraction of sp³-hybridized carbons (Fsp3) is 0.357. The van der Waals surface area contributed by atoms with Gasteiger partial charge in [-0.15, -0.1) is 0 Å². The van der Waals surface area contributed by atoms with Gasteiger partial charge in [-0.1, -0.05) is 17.7 Å². The predicted molar refractivity (Wildman–Crippen MR) is 69.8 cm³/mol. The van der Waals surface area contributed by atoms with E-state index in [1.807, 2.05) is 42.7 Å². The highest BCUT2D eigenvalue weighted by molar-refractivity contribution is 5.29. The van der Waals surface area contributed by atoms with E-state index in [0.29, 0.717) is 12.6 Å². The smallest absolute Gasteiger partial charge is 0.302 e. The number of aliphatic hydroxyl groups excluding tert-OH is 1. The lowest BCUT2D eigenvalue weighted by Crippen LogP contribution is -2.05. The summed E-state index contributed by atoms with van der Waals surface area (Å²) in [4.78, 5) is 4.21. The maximum absolute atomic E-state index is 9.64. The Morgan fingerprint density at radius 2 is 2.00 bits per heavy atom. The van der Waals surface area contributed by atoms with Gasteiger partial charge in [-0.25, -0.2) is 4.98 Å². The first kappa shape index (κ1) is 12.6. The van der Waals surface area contributed by atoms with Crippen molar-refractivity contribution in [3.8, 4) is 11.8 Å². The van der Waals surface area contributed by atoms with E-state index in [4.69, 9.17) is 4.74 Å². The van der Waals surface area contributed by atoms with Crippen LogP contribution in [0.3, 0.4) is 0 Å². The van der Waals surface area contributed by atoms with Gasteiger partial charge in [-0.3, -0.25) is 4.57 Å². The second-order valence-electron chi connectivity index (χ2n) is 4.30. The summed E-state index contributed by atoms with van der Waals surface area (Å²) in [6, 6.07) is 8.31. The maximum Gasteiger partial charge on any atom is 0.302 e. The van der Waals surface area contributed by atoms with Crippen molar-refractivity contribution < 1.29 is 9.84 Å². The third-order valence-corrected chi connectivity index (χ3v) is 2.82. The lowest BCUT2D eigenvalue weighted by molar-refractivity contribution is 0.188. The number of rotatable bonds is 4. The molecule has 0 spiro atoms. The van der Waals surface area contributed by atoms with Crippen LogP contribution in [0.4, 0.5) is 0 Å². The standard InChI is InChI=1S/C14H18N2O2/c1-4-16-13(11(3)17)9-15-14(16)18-12-7-5-10(2)6-8-12/h5-9,11,17H,4H2,1-3H3. The molecule has 0 saturated carbocycles. The van der Waals surface area contributed by atoms with Crippen LogP contribution in [0.15, 0.2) is 30.5 Å². The molecule has 0 aliphatic carbocycles. The molecule has 0 saturated heterocycles. The van der Waals surface area contributed by atoms with E-state index < -0.39 is 6.10 Å². The van der Waals surface area contributed by atoms with Gasteiger partial charge in [-0.2, -0.15) is 0 Å². The number of imidazole rings is 1. The molecule has 0 aliphatic heterocycles. The van der Waals surface area contributed by atoms with E-state index in [1.165, 1.54) is 5.56 Å². The van der Waals surface area contributed by atoms with Crippen LogP contribution in [0, 0.1) is 6.92 Å². The Morgan fingerprint density at radius 1 is 1.33 bits per heavy atom. The highest BCUT2D eigenvalue weighted by atomic mass is 16.5. The molecule has 1 aromatic heterocycles. The zero-order chi connectivity index (χ0) is 13.1. The average Bonchev–Trinajstić information content (AvgIpc) is 2.75. The molecule has 0 bridgehead atoms. The lowest BCUT2D eigenvalue weighted by Gasteiger charge is -2.11. The van der Waals surface area contributed by atoms with Gasteiger partial charge in [0, 0.05) is 6.54 Å². The minimum Gasteiger partial charge on any atom is -0.426 e. The largest absolute Gasteiger partial charge is 0.426 e. The van der Waals surface area contributed by atoms with E-state index in [9.17, 15) is 5.11 Å². The Bertz CT molecular complexity index is 515. The summed E-state index contributed by atoms with van der Waals surface area (Å²) in [5, 5.41) is 9.64. The Hall–Kier alpha value is -1.81. The SMILES string of the molecule is CCn1c(C(C)O)cnc1Oc1ccc(C)cc1. The molecule has 96 valence electrons. The van der Waals surface area contributed by atoms with E-state index in [0.717, 1.165) is 11.4 Å². The fourth-order valence-electron chi connectivity index (χ4n) is 1.82. The molecule has 1 unspecified atom stereocenters. The quantitative estimate of drug-likeness (QED) is 0.901. The molecule has 4 nitrogen and oxygen atoms in total. The molecular formula is C14H18N2O2. The van der Waals surface area contributed by atoms with Crippen LogP contribution >= 0.6 is 0 Å². The predicted octanol–water partition coefficient (Wildman–Crippen LogP) is 3.06. The van der Waals surface area contributed by atoms with Gasteiger partial charge in [0.05, 0.1) is 18.0 Å². The molecule has 18 heavy (non-hydrogen) atoms. The van der Waals surface area contributed by atoms with Crippen LogP contribution in [-0.4, -0.2) is 14.7 Å². The number of hydrogen-bond donors (Lipinski definition) is 1. The van der Waals surface area contributed by atoms with Crippen LogP contribution in [0.25, 0.3) is 0 Å². The van der Waals surface area contributed by atoms with E-state index >= 15 is 0 Å². The third-order valence-electron chi connectivity index (χ3n) is 2.82. The number of ether oxygens (including phenoxy) is 1. The molecule has 0 aliphatic rings. The van der Waals surface area contributed by atoms with Crippen LogP contribution in [0.1, 0.15) is 31.2 Å². The average molecular weight is 246 g/mol. The number of nitrogens with zero attached hydrogens (tertiary/aromatic N) is 2. The van der Waals surface area contributed by atoms with E-state index in [1.54, 1.807) is 13.1 Å². The number of aliphatic hydroxyl groups is 1. The monoisotopic (exact) mass is 246 g/mol. The topological polar surface area (TPSA) is 47.3 Å². The molecule has 0 amide bonds. The van der Waals surface area contributed by atoms with Crippen molar-refractivity contribution in [2.45, 2.75) is 33.4 Å². The zero-order valence-electron chi connectivity index (χ0n) is 10.9. The van der Waals surface area contributed by atoms with Gasteiger partial charge in [0.15, 0.2) is 0 Å². The maximum atomic E-state index is 9.64. The Labute approximate surface area is 107 Å². The van der Waals surface area contributed by atoms with Crippen LogP contribution in [0.5, 0.6) is 11.8 Å². The second-order valence-corrected chi connectivity index (χ2v) is 4.30. The summed E-state index contributed by atoms with van der Waals surface area (Å²) in [5.41, 5.74) is 1.95. The van der Waals surface area contributed by atoms with Crippen molar-refractivity contribution in [1.29, 1.82) is 0 Å². The van der Waals surface area contributed by atoms with Crippen molar-refractivity contribution in [2.75, 3.05) is 0 Å². The van der Waals surface area contributed by atoms with Crippen LogP contribution in [-0.2, 0) is 6.54 Å². The molecule has 1 atom stereocenters. The van der Waals surface area contributed by atoms with Crippen molar-refractivity contribution in [2.24, 2.45) is 0 Å². The first-order valence-corrected chi connectivity index (χ1v) is 6.09. The van der Waals surface area contributed by atoms with Gasteiger partial charge >= 0.3 is 6.01 Å². The number of aryl methyl sites for hydroxylation is 1. The molecular weight excluding hydrogens is 228 g/mol. The van der Waals surface area contributed by atoms with Gasteiger partial charge in [0.25, 0.3) is 0 Å².